The minimum atomic E-state index is -4.06. The zero-order chi connectivity index (χ0) is 16.4. The number of hydrogen-bond donors (Lipinski definition) is 0. The third kappa shape index (κ3) is 5.17. The standard InChI is InChI=1S/C19H29F3/c1-14-4-6-17(7-5-14)18(10-11-18)13-16(3)12-15(2)8-9-19(20,21)22/h6,14,16H,2,4-5,7-13H2,1,3H3/t14-,16?/m0/s1. The summed E-state index contributed by atoms with van der Waals surface area (Å²) in [6, 6.07) is 0. The molecule has 22 heavy (non-hydrogen) atoms. The highest BCUT2D eigenvalue weighted by Gasteiger charge is 2.46. The summed E-state index contributed by atoms with van der Waals surface area (Å²) in [5.41, 5.74) is 2.79. The van der Waals surface area contributed by atoms with Crippen LogP contribution in [-0.2, 0) is 0 Å². The molecule has 0 aromatic heterocycles. The van der Waals surface area contributed by atoms with Gasteiger partial charge in [-0.15, -0.1) is 0 Å². The third-order valence-corrected chi connectivity index (χ3v) is 5.35. The van der Waals surface area contributed by atoms with Crippen LogP contribution < -0.4 is 0 Å². The zero-order valence-electron chi connectivity index (χ0n) is 13.9. The minimum absolute atomic E-state index is 0.0844. The van der Waals surface area contributed by atoms with E-state index in [1.54, 1.807) is 5.57 Å². The first kappa shape index (κ1) is 17.6. The number of rotatable bonds is 7. The molecule has 126 valence electrons. The lowest BCUT2D eigenvalue weighted by Crippen LogP contribution is -2.15. The van der Waals surface area contributed by atoms with Crippen LogP contribution in [0.5, 0.6) is 0 Å². The van der Waals surface area contributed by atoms with Gasteiger partial charge in [-0.05, 0) is 68.6 Å². The van der Waals surface area contributed by atoms with Crippen LogP contribution in [0, 0.1) is 17.3 Å². The topological polar surface area (TPSA) is 0 Å². The molecule has 0 nitrogen and oxygen atoms in total. The number of hydrogen-bond acceptors (Lipinski definition) is 0. The smallest absolute Gasteiger partial charge is 0.171 e. The molecule has 0 N–H and O–H groups in total. The van der Waals surface area contributed by atoms with Crippen molar-refractivity contribution in [1.29, 1.82) is 0 Å². The first-order chi connectivity index (χ1) is 10.2. The van der Waals surface area contributed by atoms with Crippen molar-refractivity contribution < 1.29 is 13.2 Å². The quantitative estimate of drug-likeness (QED) is 0.452. The van der Waals surface area contributed by atoms with E-state index in [4.69, 9.17) is 0 Å². The average Bonchev–Trinajstić information content (AvgIpc) is 3.17. The molecule has 0 aromatic rings. The van der Waals surface area contributed by atoms with E-state index < -0.39 is 12.6 Å². The molecule has 2 aliphatic carbocycles. The Morgan fingerprint density at radius 1 is 1.41 bits per heavy atom. The van der Waals surface area contributed by atoms with Crippen molar-refractivity contribution in [3.8, 4) is 0 Å². The van der Waals surface area contributed by atoms with Crippen molar-refractivity contribution in [2.45, 2.75) is 77.8 Å². The van der Waals surface area contributed by atoms with Crippen molar-refractivity contribution in [3.05, 3.63) is 23.8 Å². The van der Waals surface area contributed by atoms with E-state index in [0.29, 0.717) is 11.3 Å². The molecule has 0 aliphatic heterocycles. The minimum Gasteiger partial charge on any atom is -0.171 e. The van der Waals surface area contributed by atoms with Crippen molar-refractivity contribution in [3.63, 3.8) is 0 Å². The van der Waals surface area contributed by atoms with Crippen LogP contribution in [0.1, 0.15) is 71.6 Å². The van der Waals surface area contributed by atoms with Crippen LogP contribution in [0.3, 0.4) is 0 Å². The van der Waals surface area contributed by atoms with Crippen LogP contribution >= 0.6 is 0 Å². The van der Waals surface area contributed by atoms with Crippen LogP contribution in [-0.4, -0.2) is 6.18 Å². The Morgan fingerprint density at radius 2 is 2.09 bits per heavy atom. The SMILES string of the molecule is C=C(CCC(F)(F)F)CC(C)CC1(C2=CC[C@H](C)CC2)CC1. The monoisotopic (exact) mass is 314 g/mol. The highest BCUT2D eigenvalue weighted by Crippen LogP contribution is 2.59. The lowest BCUT2D eigenvalue weighted by atomic mass is 9.77. The summed E-state index contributed by atoms with van der Waals surface area (Å²) in [7, 11) is 0. The van der Waals surface area contributed by atoms with Gasteiger partial charge in [0.2, 0.25) is 0 Å². The van der Waals surface area contributed by atoms with Crippen LogP contribution in [0.25, 0.3) is 0 Å². The summed E-state index contributed by atoms with van der Waals surface area (Å²) in [5, 5.41) is 0. The Hall–Kier alpha value is -0.730. The van der Waals surface area contributed by atoms with Gasteiger partial charge in [0.1, 0.15) is 0 Å². The Balaban J connectivity index is 1.79. The molecule has 0 saturated heterocycles. The maximum atomic E-state index is 12.3. The van der Waals surface area contributed by atoms with Gasteiger partial charge in [-0.25, -0.2) is 0 Å². The number of halogens is 3. The third-order valence-electron chi connectivity index (χ3n) is 5.35. The second kappa shape index (κ2) is 6.80. The number of allylic oxidation sites excluding steroid dienone is 3. The van der Waals surface area contributed by atoms with Crippen molar-refractivity contribution in [2.75, 3.05) is 0 Å². The zero-order valence-corrected chi connectivity index (χ0v) is 13.9. The highest BCUT2D eigenvalue weighted by atomic mass is 19.4. The predicted octanol–water partition coefficient (Wildman–Crippen LogP) is 6.83. The summed E-state index contributed by atoms with van der Waals surface area (Å²) in [6.07, 6.45) is 5.86. The second-order valence-corrected chi connectivity index (χ2v) is 7.77. The van der Waals surface area contributed by atoms with Gasteiger partial charge < -0.3 is 0 Å². The summed E-state index contributed by atoms with van der Waals surface area (Å²) in [5.74, 6) is 1.24. The van der Waals surface area contributed by atoms with Crippen molar-refractivity contribution in [1.82, 2.24) is 0 Å². The molecule has 1 fully saturated rings. The Kier molecular flexibility index (Phi) is 5.45. The average molecular weight is 314 g/mol. The molecule has 2 rings (SSSR count). The molecule has 0 aromatic carbocycles. The van der Waals surface area contributed by atoms with E-state index in [2.05, 4.69) is 26.5 Å². The maximum Gasteiger partial charge on any atom is 0.389 e. The molecule has 1 unspecified atom stereocenters. The summed E-state index contributed by atoms with van der Waals surface area (Å²) >= 11 is 0. The molecule has 3 heteroatoms. The lowest BCUT2D eigenvalue weighted by Gasteiger charge is -2.28. The van der Waals surface area contributed by atoms with Gasteiger partial charge in [-0.2, -0.15) is 13.2 Å². The van der Waals surface area contributed by atoms with Gasteiger partial charge in [0, 0.05) is 6.42 Å². The summed E-state index contributed by atoms with van der Waals surface area (Å²) < 4.78 is 36.8. The van der Waals surface area contributed by atoms with Crippen molar-refractivity contribution >= 4 is 0 Å². The molecular weight excluding hydrogens is 285 g/mol. The van der Waals surface area contributed by atoms with Crippen molar-refractivity contribution in [2.24, 2.45) is 17.3 Å². The first-order valence-corrected chi connectivity index (χ1v) is 8.63. The molecule has 0 bridgehead atoms. The lowest BCUT2D eigenvalue weighted by molar-refractivity contribution is -0.134. The van der Waals surface area contributed by atoms with Crippen LogP contribution in [0.2, 0.25) is 0 Å². The summed E-state index contributed by atoms with van der Waals surface area (Å²) in [6.45, 7) is 8.33. The maximum absolute atomic E-state index is 12.3. The fourth-order valence-electron chi connectivity index (χ4n) is 3.91. The van der Waals surface area contributed by atoms with Gasteiger partial charge in [-0.3, -0.25) is 0 Å². The van der Waals surface area contributed by atoms with E-state index in [0.717, 1.165) is 24.3 Å². The molecule has 2 aliphatic rings. The normalized spacial score (nSPS) is 25.5. The fraction of sp³-hybridized carbons (Fsp3) is 0.789. The molecule has 2 atom stereocenters. The number of alkyl halides is 3. The van der Waals surface area contributed by atoms with Gasteiger partial charge in [-0.1, -0.05) is 37.6 Å². The van der Waals surface area contributed by atoms with E-state index in [9.17, 15) is 13.2 Å². The van der Waals surface area contributed by atoms with Gasteiger partial charge in [0.25, 0.3) is 0 Å². The molecule has 0 heterocycles. The molecule has 0 radical (unpaired) electrons. The van der Waals surface area contributed by atoms with E-state index in [1.807, 2.05) is 0 Å². The van der Waals surface area contributed by atoms with Gasteiger partial charge in [0.05, 0.1) is 0 Å². The Bertz CT molecular complexity index is 426. The Morgan fingerprint density at radius 3 is 2.59 bits per heavy atom. The van der Waals surface area contributed by atoms with Crippen LogP contribution in [0.15, 0.2) is 23.8 Å². The van der Waals surface area contributed by atoms with E-state index in [1.165, 1.54) is 32.1 Å². The summed E-state index contributed by atoms with van der Waals surface area (Å²) in [4.78, 5) is 0. The highest BCUT2D eigenvalue weighted by molar-refractivity contribution is 5.24. The first-order valence-electron chi connectivity index (χ1n) is 8.63. The van der Waals surface area contributed by atoms with Crippen LogP contribution in [0.4, 0.5) is 13.2 Å². The molecular formula is C19H29F3. The predicted molar refractivity (Wildman–Crippen MR) is 85.6 cm³/mol. The second-order valence-electron chi connectivity index (χ2n) is 7.77. The van der Waals surface area contributed by atoms with E-state index in [-0.39, 0.29) is 6.42 Å². The van der Waals surface area contributed by atoms with E-state index >= 15 is 0 Å². The van der Waals surface area contributed by atoms with Gasteiger partial charge >= 0.3 is 6.18 Å². The molecule has 0 amide bonds. The molecule has 1 saturated carbocycles. The largest absolute Gasteiger partial charge is 0.389 e. The molecule has 0 spiro atoms. The Labute approximate surface area is 132 Å². The fourth-order valence-corrected chi connectivity index (χ4v) is 3.91. The van der Waals surface area contributed by atoms with Gasteiger partial charge in [0.15, 0.2) is 0 Å².